The summed E-state index contributed by atoms with van der Waals surface area (Å²) < 4.78 is 5.34. The third kappa shape index (κ3) is 5.14. The van der Waals surface area contributed by atoms with Crippen molar-refractivity contribution in [2.24, 2.45) is 0 Å². The number of nitro benzene ring substituents is 1. The number of hydrogen-bond donors (Lipinski definition) is 1. The molecule has 0 spiro atoms. The molecule has 2 aliphatic heterocycles. The predicted octanol–water partition coefficient (Wildman–Crippen LogP) is 1.10. The lowest BCUT2D eigenvalue weighted by Crippen LogP contribution is -2.49. The number of anilines is 2. The van der Waals surface area contributed by atoms with Crippen LogP contribution in [0.2, 0.25) is 0 Å². The average Bonchev–Trinajstić information content (AvgIpc) is 2.84. The molecule has 3 heterocycles. The SMILES string of the molecule is Cc1nc(N2CCOCC2)[nH]c(=O)c1CCC(=O)N1CCN(c2ccccc2[N+](=O)[O-])CC1. The number of piperazine rings is 1. The highest BCUT2D eigenvalue weighted by atomic mass is 16.6. The molecule has 2 aromatic rings. The minimum Gasteiger partial charge on any atom is -0.378 e. The van der Waals surface area contributed by atoms with Gasteiger partial charge in [0.15, 0.2) is 0 Å². The summed E-state index contributed by atoms with van der Waals surface area (Å²) in [7, 11) is 0. The van der Waals surface area contributed by atoms with E-state index in [1.807, 2.05) is 9.80 Å². The van der Waals surface area contributed by atoms with Crippen LogP contribution >= 0.6 is 0 Å². The highest BCUT2D eigenvalue weighted by Gasteiger charge is 2.26. The van der Waals surface area contributed by atoms with Crippen LogP contribution in [0.5, 0.6) is 0 Å². The zero-order chi connectivity index (χ0) is 23.4. The number of nitro groups is 1. The molecule has 2 aliphatic rings. The van der Waals surface area contributed by atoms with Gasteiger partial charge >= 0.3 is 0 Å². The van der Waals surface area contributed by atoms with Crippen LogP contribution in [0, 0.1) is 17.0 Å². The second kappa shape index (κ2) is 9.99. The molecule has 11 nitrogen and oxygen atoms in total. The molecular formula is C22H28N6O5. The van der Waals surface area contributed by atoms with Gasteiger partial charge < -0.3 is 19.4 Å². The van der Waals surface area contributed by atoms with Crippen LogP contribution in [0.15, 0.2) is 29.1 Å². The number of rotatable bonds is 6. The number of nitrogens with one attached hydrogen (secondary N) is 1. The highest BCUT2D eigenvalue weighted by molar-refractivity contribution is 5.77. The van der Waals surface area contributed by atoms with Crippen LogP contribution in [0.1, 0.15) is 17.7 Å². The summed E-state index contributed by atoms with van der Waals surface area (Å²) in [5.41, 5.74) is 1.59. The molecule has 1 aromatic heterocycles. The molecule has 33 heavy (non-hydrogen) atoms. The number of para-hydroxylation sites is 2. The third-order valence-corrected chi connectivity index (χ3v) is 6.16. The fraction of sp³-hybridized carbons (Fsp3) is 0.500. The van der Waals surface area contributed by atoms with Gasteiger partial charge in [0, 0.05) is 63.0 Å². The van der Waals surface area contributed by atoms with E-state index in [2.05, 4.69) is 9.97 Å². The number of aromatic nitrogens is 2. The number of H-pyrrole nitrogens is 1. The fourth-order valence-electron chi connectivity index (χ4n) is 4.29. The summed E-state index contributed by atoms with van der Waals surface area (Å²) in [6.07, 6.45) is 0.536. The van der Waals surface area contributed by atoms with Crippen molar-refractivity contribution < 1.29 is 14.5 Å². The molecule has 0 unspecified atom stereocenters. The molecule has 0 bridgehead atoms. The van der Waals surface area contributed by atoms with Gasteiger partial charge in [0.2, 0.25) is 11.9 Å². The van der Waals surface area contributed by atoms with Gasteiger partial charge in [-0.05, 0) is 19.4 Å². The van der Waals surface area contributed by atoms with Crippen molar-refractivity contribution in [3.05, 3.63) is 56.0 Å². The van der Waals surface area contributed by atoms with Crippen LogP contribution in [0.4, 0.5) is 17.3 Å². The van der Waals surface area contributed by atoms with E-state index in [4.69, 9.17) is 4.74 Å². The Hall–Kier alpha value is -3.47. The van der Waals surface area contributed by atoms with Gasteiger partial charge in [-0.25, -0.2) is 4.98 Å². The fourth-order valence-corrected chi connectivity index (χ4v) is 4.29. The first-order valence-electron chi connectivity index (χ1n) is 11.1. The molecule has 4 rings (SSSR count). The van der Waals surface area contributed by atoms with Crippen LogP contribution in [0.25, 0.3) is 0 Å². The number of benzene rings is 1. The van der Waals surface area contributed by atoms with E-state index >= 15 is 0 Å². The van der Waals surface area contributed by atoms with E-state index in [-0.39, 0.29) is 28.5 Å². The number of morpholine rings is 1. The smallest absolute Gasteiger partial charge is 0.292 e. The number of nitrogens with zero attached hydrogens (tertiary/aromatic N) is 5. The van der Waals surface area contributed by atoms with Crippen LogP contribution < -0.4 is 15.4 Å². The van der Waals surface area contributed by atoms with E-state index < -0.39 is 0 Å². The Morgan fingerprint density at radius 3 is 2.48 bits per heavy atom. The van der Waals surface area contributed by atoms with Crippen molar-refractivity contribution in [1.29, 1.82) is 0 Å². The van der Waals surface area contributed by atoms with E-state index in [1.54, 1.807) is 30.0 Å². The predicted molar refractivity (Wildman–Crippen MR) is 123 cm³/mol. The van der Waals surface area contributed by atoms with Gasteiger partial charge in [-0.1, -0.05) is 12.1 Å². The molecule has 0 aliphatic carbocycles. The highest BCUT2D eigenvalue weighted by Crippen LogP contribution is 2.28. The van der Waals surface area contributed by atoms with E-state index in [1.165, 1.54) is 6.07 Å². The van der Waals surface area contributed by atoms with Crippen molar-refractivity contribution in [2.75, 3.05) is 62.3 Å². The molecular weight excluding hydrogens is 428 g/mol. The standard InChI is InChI=1S/C22H28N6O5/c1-16-17(21(30)24-22(23-16)27-12-14-33-15-13-27)6-7-20(29)26-10-8-25(9-11-26)18-4-2-3-5-19(18)28(31)32/h2-5H,6-15H2,1H3,(H,23,24,30). The van der Waals surface area contributed by atoms with Gasteiger partial charge in [0.05, 0.1) is 18.1 Å². The molecule has 176 valence electrons. The number of carbonyl (C=O) groups is 1. The van der Waals surface area contributed by atoms with Crippen molar-refractivity contribution in [3.8, 4) is 0 Å². The Morgan fingerprint density at radius 2 is 1.82 bits per heavy atom. The van der Waals surface area contributed by atoms with Crippen LogP contribution in [-0.4, -0.2) is 78.2 Å². The van der Waals surface area contributed by atoms with Crippen molar-refractivity contribution >= 4 is 23.2 Å². The first-order chi connectivity index (χ1) is 15.9. The van der Waals surface area contributed by atoms with E-state index in [9.17, 15) is 19.7 Å². The summed E-state index contributed by atoms with van der Waals surface area (Å²) in [6, 6.07) is 6.65. The maximum absolute atomic E-state index is 12.8. The molecule has 0 radical (unpaired) electrons. The Morgan fingerprint density at radius 1 is 1.12 bits per heavy atom. The zero-order valence-corrected chi connectivity index (χ0v) is 18.7. The minimum absolute atomic E-state index is 0.0340. The number of hydrogen-bond acceptors (Lipinski definition) is 8. The third-order valence-electron chi connectivity index (χ3n) is 6.16. The average molecular weight is 457 g/mol. The first kappa shape index (κ1) is 22.7. The quantitative estimate of drug-likeness (QED) is 0.506. The molecule has 1 aromatic carbocycles. The summed E-state index contributed by atoms with van der Waals surface area (Å²) in [5, 5.41) is 11.3. The van der Waals surface area contributed by atoms with Gasteiger partial charge in [-0.3, -0.25) is 24.7 Å². The number of carbonyl (C=O) groups excluding carboxylic acids is 1. The minimum atomic E-state index is -0.384. The van der Waals surface area contributed by atoms with Gasteiger partial charge in [-0.2, -0.15) is 0 Å². The van der Waals surface area contributed by atoms with Crippen LogP contribution in [0.3, 0.4) is 0 Å². The Balaban J connectivity index is 1.34. The number of ether oxygens (including phenoxy) is 1. The lowest BCUT2D eigenvalue weighted by molar-refractivity contribution is -0.384. The topological polar surface area (TPSA) is 125 Å². The normalized spacial score (nSPS) is 16.7. The zero-order valence-electron chi connectivity index (χ0n) is 18.7. The second-order valence-electron chi connectivity index (χ2n) is 8.17. The Labute approximate surface area is 191 Å². The van der Waals surface area contributed by atoms with Gasteiger partial charge in [0.1, 0.15) is 5.69 Å². The van der Waals surface area contributed by atoms with Crippen molar-refractivity contribution in [3.63, 3.8) is 0 Å². The molecule has 0 atom stereocenters. The summed E-state index contributed by atoms with van der Waals surface area (Å²) >= 11 is 0. The van der Waals surface area contributed by atoms with Gasteiger partial charge in [0.25, 0.3) is 11.2 Å². The molecule has 2 fully saturated rings. The molecule has 1 N–H and O–H groups in total. The summed E-state index contributed by atoms with van der Waals surface area (Å²) in [5.74, 6) is 0.510. The second-order valence-corrected chi connectivity index (χ2v) is 8.17. The molecule has 1 amide bonds. The van der Waals surface area contributed by atoms with Crippen molar-refractivity contribution in [2.45, 2.75) is 19.8 Å². The molecule has 11 heteroatoms. The monoisotopic (exact) mass is 456 g/mol. The summed E-state index contributed by atoms with van der Waals surface area (Å²) in [4.78, 5) is 49.4. The number of aromatic amines is 1. The lowest BCUT2D eigenvalue weighted by atomic mass is 10.1. The Bertz CT molecular complexity index is 1070. The largest absolute Gasteiger partial charge is 0.378 e. The maximum atomic E-state index is 12.8. The Kier molecular flexibility index (Phi) is 6.87. The van der Waals surface area contributed by atoms with Gasteiger partial charge in [-0.15, -0.1) is 0 Å². The maximum Gasteiger partial charge on any atom is 0.292 e. The number of amides is 1. The number of aryl methyl sites for hydroxylation is 1. The molecule has 0 saturated carbocycles. The van der Waals surface area contributed by atoms with Crippen molar-refractivity contribution in [1.82, 2.24) is 14.9 Å². The van der Waals surface area contributed by atoms with Crippen LogP contribution in [-0.2, 0) is 16.0 Å². The molecule has 2 saturated heterocycles. The first-order valence-corrected chi connectivity index (χ1v) is 11.1. The lowest BCUT2D eigenvalue weighted by Gasteiger charge is -2.35. The van der Waals surface area contributed by atoms with E-state index in [0.29, 0.717) is 81.8 Å². The summed E-state index contributed by atoms with van der Waals surface area (Å²) in [6.45, 7) is 6.36. The van der Waals surface area contributed by atoms with E-state index in [0.717, 1.165) is 0 Å².